The molecule has 0 radical (unpaired) electrons. The van der Waals surface area contributed by atoms with Crippen molar-refractivity contribution in [1.29, 1.82) is 0 Å². The summed E-state index contributed by atoms with van der Waals surface area (Å²) < 4.78 is 7.03. The van der Waals surface area contributed by atoms with E-state index >= 15 is 0 Å². The molecule has 1 aromatic heterocycles. The van der Waals surface area contributed by atoms with E-state index in [2.05, 4.69) is 4.98 Å². The topological polar surface area (TPSA) is 81.5 Å². The zero-order chi connectivity index (χ0) is 21.1. The van der Waals surface area contributed by atoms with E-state index in [1.807, 2.05) is 0 Å². The Bertz CT molecular complexity index is 1010. The summed E-state index contributed by atoms with van der Waals surface area (Å²) in [6, 6.07) is 5.04. The molecule has 1 saturated carbocycles. The van der Waals surface area contributed by atoms with Crippen molar-refractivity contribution in [2.45, 2.75) is 70.4 Å². The van der Waals surface area contributed by atoms with Crippen molar-refractivity contribution >= 4 is 22.8 Å². The van der Waals surface area contributed by atoms with Crippen LogP contribution in [0.1, 0.15) is 67.5 Å². The number of carbonyl (C=O) groups is 2. The van der Waals surface area contributed by atoms with Crippen molar-refractivity contribution < 1.29 is 14.3 Å². The number of benzene rings is 1. The van der Waals surface area contributed by atoms with Gasteiger partial charge in [-0.3, -0.25) is 14.2 Å². The molecule has 7 nitrogen and oxygen atoms in total. The second kappa shape index (κ2) is 8.98. The summed E-state index contributed by atoms with van der Waals surface area (Å²) in [6.45, 7) is 0.418. The smallest absolute Gasteiger partial charge is 0.338 e. The summed E-state index contributed by atoms with van der Waals surface area (Å²) in [4.78, 5) is 44.1. The van der Waals surface area contributed by atoms with Crippen LogP contribution in [0.5, 0.6) is 0 Å². The number of nitrogens with zero attached hydrogens (tertiary/aromatic N) is 3. The van der Waals surface area contributed by atoms with E-state index in [4.69, 9.17) is 4.74 Å². The Morgan fingerprint density at radius 3 is 2.70 bits per heavy atom. The van der Waals surface area contributed by atoms with Crippen molar-refractivity contribution in [2.24, 2.45) is 0 Å². The summed E-state index contributed by atoms with van der Waals surface area (Å²) in [5.74, 6) is 0.0247. The van der Waals surface area contributed by atoms with Crippen molar-refractivity contribution in [3.63, 3.8) is 0 Å². The predicted octanol–water partition coefficient (Wildman–Crippen LogP) is 3.07. The summed E-state index contributed by atoms with van der Waals surface area (Å²) >= 11 is 0. The lowest BCUT2D eigenvalue weighted by Gasteiger charge is -2.31. The van der Waals surface area contributed by atoms with Gasteiger partial charge >= 0.3 is 5.97 Å². The first-order chi connectivity index (χ1) is 14.5. The van der Waals surface area contributed by atoms with Gasteiger partial charge in [-0.25, -0.2) is 9.78 Å². The Labute approximate surface area is 176 Å². The van der Waals surface area contributed by atoms with E-state index in [-0.39, 0.29) is 24.1 Å². The number of carbonyl (C=O) groups excluding carboxylic acids is 2. The highest BCUT2D eigenvalue weighted by Gasteiger charge is 2.23. The maximum Gasteiger partial charge on any atom is 0.338 e. The third-order valence-corrected chi connectivity index (χ3v) is 6.39. The van der Waals surface area contributed by atoms with Crippen LogP contribution in [-0.4, -0.2) is 46.0 Å². The van der Waals surface area contributed by atoms with Crippen LogP contribution < -0.4 is 5.56 Å². The number of hydrogen-bond acceptors (Lipinski definition) is 5. The molecule has 4 rings (SSSR count). The lowest BCUT2D eigenvalue weighted by atomic mass is 9.94. The first-order valence-corrected chi connectivity index (χ1v) is 11.0. The molecule has 2 aliphatic rings. The van der Waals surface area contributed by atoms with Crippen molar-refractivity contribution in [1.82, 2.24) is 14.5 Å². The van der Waals surface area contributed by atoms with Gasteiger partial charge in [-0.15, -0.1) is 0 Å². The number of rotatable bonds is 4. The number of aryl methyl sites for hydroxylation is 1. The molecule has 1 fully saturated rings. The maximum atomic E-state index is 12.8. The molecular formula is C23H29N3O4. The lowest BCUT2D eigenvalue weighted by molar-refractivity contribution is -0.135. The van der Waals surface area contributed by atoms with Gasteiger partial charge in [0.25, 0.3) is 11.5 Å². The van der Waals surface area contributed by atoms with Crippen molar-refractivity contribution in [3.05, 3.63) is 39.9 Å². The van der Waals surface area contributed by atoms with E-state index in [9.17, 15) is 14.4 Å². The summed E-state index contributed by atoms with van der Waals surface area (Å²) in [7, 11) is 1.78. The van der Waals surface area contributed by atoms with Gasteiger partial charge in [0, 0.05) is 26.1 Å². The number of ether oxygens (including phenoxy) is 1. The van der Waals surface area contributed by atoms with Gasteiger partial charge in [-0.1, -0.05) is 25.7 Å². The number of amides is 1. The Morgan fingerprint density at radius 1 is 1.13 bits per heavy atom. The van der Waals surface area contributed by atoms with Crippen LogP contribution in [0.4, 0.5) is 0 Å². The Hall–Kier alpha value is -2.70. The van der Waals surface area contributed by atoms with Crippen LogP contribution in [0.3, 0.4) is 0 Å². The molecule has 0 N–H and O–H groups in total. The molecule has 30 heavy (non-hydrogen) atoms. The molecular weight excluding hydrogens is 382 g/mol. The van der Waals surface area contributed by atoms with Gasteiger partial charge in [-0.05, 0) is 43.9 Å². The minimum Gasteiger partial charge on any atom is -0.452 e. The third-order valence-electron chi connectivity index (χ3n) is 6.39. The normalized spacial score (nSPS) is 17.2. The Morgan fingerprint density at radius 2 is 1.90 bits per heavy atom. The number of likely N-dealkylation sites (N-methyl/N-ethyl adjacent to an activating group) is 1. The van der Waals surface area contributed by atoms with E-state index < -0.39 is 5.97 Å². The zero-order valence-electron chi connectivity index (χ0n) is 17.6. The van der Waals surface area contributed by atoms with Gasteiger partial charge in [-0.2, -0.15) is 0 Å². The van der Waals surface area contributed by atoms with Crippen LogP contribution in [-0.2, 0) is 22.5 Å². The van der Waals surface area contributed by atoms with Crippen LogP contribution >= 0.6 is 0 Å². The fourth-order valence-corrected chi connectivity index (χ4v) is 4.53. The highest BCUT2D eigenvalue weighted by atomic mass is 16.5. The van der Waals surface area contributed by atoms with E-state index in [1.165, 1.54) is 6.42 Å². The first-order valence-electron chi connectivity index (χ1n) is 11.0. The largest absolute Gasteiger partial charge is 0.452 e. The summed E-state index contributed by atoms with van der Waals surface area (Å²) in [5, 5.41) is 0.505. The fraction of sp³-hybridized carbons (Fsp3) is 0.565. The number of fused-ring (bicyclic) bond motifs is 2. The Balaban J connectivity index is 1.47. The molecule has 0 saturated heterocycles. The average molecular weight is 412 g/mol. The molecule has 1 aliphatic heterocycles. The van der Waals surface area contributed by atoms with Gasteiger partial charge in [0.15, 0.2) is 6.61 Å². The standard InChI is InChI=1S/C23H29N3O4/c1-25(17-8-4-2-5-9-17)21(27)15-30-23(29)16-11-12-18-19(14-16)24-20-10-6-3-7-13-26(20)22(18)28/h11-12,14,17H,2-10,13,15H2,1H3. The summed E-state index contributed by atoms with van der Waals surface area (Å²) in [6.07, 6.45) is 9.34. The molecule has 7 heteroatoms. The zero-order valence-corrected chi connectivity index (χ0v) is 17.6. The highest BCUT2D eigenvalue weighted by Crippen LogP contribution is 2.22. The van der Waals surface area contributed by atoms with E-state index in [0.29, 0.717) is 23.0 Å². The van der Waals surface area contributed by atoms with Gasteiger partial charge < -0.3 is 9.64 Å². The fourth-order valence-electron chi connectivity index (χ4n) is 4.53. The SMILES string of the molecule is CN(C(=O)COC(=O)c1ccc2c(=O)n3c(nc2c1)CCCCC3)C1CCCCC1. The van der Waals surface area contributed by atoms with E-state index in [0.717, 1.165) is 57.2 Å². The number of aromatic nitrogens is 2. The molecule has 2 heterocycles. The molecule has 0 unspecified atom stereocenters. The third kappa shape index (κ3) is 4.25. The molecule has 0 spiro atoms. The van der Waals surface area contributed by atoms with Crippen molar-refractivity contribution in [2.75, 3.05) is 13.7 Å². The maximum absolute atomic E-state index is 12.8. The van der Waals surface area contributed by atoms with Crippen molar-refractivity contribution in [3.8, 4) is 0 Å². The van der Waals surface area contributed by atoms with Gasteiger partial charge in [0.1, 0.15) is 5.82 Å². The average Bonchev–Trinajstić information content (AvgIpc) is 3.02. The van der Waals surface area contributed by atoms with Crippen LogP contribution in [0, 0.1) is 0 Å². The molecule has 2 aromatic rings. The van der Waals surface area contributed by atoms with Gasteiger partial charge in [0.05, 0.1) is 16.5 Å². The second-order valence-electron chi connectivity index (χ2n) is 8.40. The minimum atomic E-state index is -0.570. The lowest BCUT2D eigenvalue weighted by Crippen LogP contribution is -2.40. The molecule has 1 aliphatic carbocycles. The van der Waals surface area contributed by atoms with E-state index in [1.54, 1.807) is 34.7 Å². The summed E-state index contributed by atoms with van der Waals surface area (Å²) in [5.41, 5.74) is 0.760. The van der Waals surface area contributed by atoms with Crippen LogP contribution in [0.2, 0.25) is 0 Å². The highest BCUT2D eigenvalue weighted by molar-refractivity contribution is 5.95. The second-order valence-corrected chi connectivity index (χ2v) is 8.40. The number of hydrogen-bond donors (Lipinski definition) is 0. The molecule has 0 atom stereocenters. The van der Waals surface area contributed by atoms with Crippen LogP contribution in [0.25, 0.3) is 10.9 Å². The first kappa shape index (κ1) is 20.6. The minimum absolute atomic E-state index is 0.0545. The molecule has 0 bridgehead atoms. The molecule has 1 aromatic carbocycles. The molecule has 1 amide bonds. The van der Waals surface area contributed by atoms with Gasteiger partial charge in [0.2, 0.25) is 0 Å². The molecule has 160 valence electrons. The quantitative estimate of drug-likeness (QED) is 0.722. The van der Waals surface area contributed by atoms with Crippen LogP contribution in [0.15, 0.2) is 23.0 Å². The Kier molecular flexibility index (Phi) is 6.16. The predicted molar refractivity (Wildman–Crippen MR) is 113 cm³/mol. The monoisotopic (exact) mass is 411 g/mol. The number of esters is 1.